The van der Waals surface area contributed by atoms with Crippen molar-refractivity contribution in [1.29, 1.82) is 0 Å². The molecule has 0 spiro atoms. The molecule has 5 nitrogen and oxygen atoms in total. The number of carboxylic acid groups (broad SMARTS) is 2. The van der Waals surface area contributed by atoms with Crippen molar-refractivity contribution in [2.24, 2.45) is 11.7 Å². The van der Waals surface area contributed by atoms with Crippen LogP contribution in [0.1, 0.15) is 37.7 Å². The van der Waals surface area contributed by atoms with Crippen LogP contribution in [0.5, 0.6) is 0 Å². The molecule has 1 aliphatic carbocycles. The van der Waals surface area contributed by atoms with Gasteiger partial charge < -0.3 is 15.9 Å². The van der Waals surface area contributed by atoms with Gasteiger partial charge in [0.25, 0.3) is 0 Å². The molecule has 0 heterocycles. The topological polar surface area (TPSA) is 101 Å². The molecule has 4 N–H and O–H groups in total. The molecule has 0 radical (unpaired) electrons. The molecule has 0 fully saturated rings. The summed E-state index contributed by atoms with van der Waals surface area (Å²) < 4.78 is 0. The lowest BCUT2D eigenvalue weighted by molar-refractivity contribution is -0.139. The van der Waals surface area contributed by atoms with E-state index >= 15 is 0 Å². The van der Waals surface area contributed by atoms with Crippen molar-refractivity contribution in [3.8, 4) is 11.1 Å². The maximum absolute atomic E-state index is 10.7. The number of rotatable bonds is 6. The zero-order valence-electron chi connectivity index (χ0n) is 16.5. The summed E-state index contributed by atoms with van der Waals surface area (Å²) in [6, 6.07) is 17.0. The minimum Gasteiger partial charge on any atom is -0.481 e. The van der Waals surface area contributed by atoms with Crippen molar-refractivity contribution >= 4 is 11.9 Å². The number of benzene rings is 2. The monoisotopic (exact) mass is 395 g/mol. The fourth-order valence-corrected chi connectivity index (χ4v) is 3.30. The zero-order chi connectivity index (χ0) is 21.1. The molecule has 2 aromatic carbocycles. The molecular weight excluding hydrogens is 366 g/mol. The van der Waals surface area contributed by atoms with Gasteiger partial charge >= 0.3 is 11.9 Å². The van der Waals surface area contributed by atoms with E-state index in [9.17, 15) is 9.59 Å². The molecule has 0 unspecified atom stereocenters. The molecule has 154 valence electrons. The van der Waals surface area contributed by atoms with E-state index in [1.54, 1.807) is 0 Å². The fourth-order valence-electron chi connectivity index (χ4n) is 3.30. The maximum atomic E-state index is 10.7. The van der Waals surface area contributed by atoms with Crippen molar-refractivity contribution in [2.45, 2.75) is 44.6 Å². The standard InChI is InChI=1S/C15H15NO2.C9H14O2/c16-14(15(17)18)10-11-6-8-13(9-7-11)12-4-2-1-3-5-12;10-9(11)7-8-5-3-1-2-4-6-8/h1-9,14H,10,16H2,(H,17,18);1-2,8H,3-7H2,(H,10,11)/t14-;/m0./s1. The van der Waals surface area contributed by atoms with Crippen LogP contribution < -0.4 is 5.73 Å². The minimum absolute atomic E-state index is 0.349. The number of hydrogen-bond donors (Lipinski definition) is 3. The maximum Gasteiger partial charge on any atom is 0.320 e. The van der Waals surface area contributed by atoms with Gasteiger partial charge in [-0.3, -0.25) is 9.59 Å². The summed E-state index contributed by atoms with van der Waals surface area (Å²) >= 11 is 0. The van der Waals surface area contributed by atoms with Crippen LogP contribution in [0.25, 0.3) is 11.1 Å². The second kappa shape index (κ2) is 11.8. The van der Waals surface area contributed by atoms with Gasteiger partial charge in [-0.2, -0.15) is 0 Å². The Morgan fingerprint density at radius 2 is 1.45 bits per heavy atom. The molecule has 0 saturated heterocycles. The van der Waals surface area contributed by atoms with Gasteiger partial charge in [-0.1, -0.05) is 66.7 Å². The highest BCUT2D eigenvalue weighted by atomic mass is 16.4. The molecular formula is C24H29NO4. The van der Waals surface area contributed by atoms with Gasteiger partial charge in [0.2, 0.25) is 0 Å². The molecule has 29 heavy (non-hydrogen) atoms. The van der Waals surface area contributed by atoms with E-state index in [4.69, 9.17) is 15.9 Å². The first-order chi connectivity index (χ1) is 14.0. The van der Waals surface area contributed by atoms with Gasteiger partial charge in [-0.05, 0) is 54.7 Å². The van der Waals surface area contributed by atoms with Crippen LogP contribution in [0.3, 0.4) is 0 Å². The Morgan fingerprint density at radius 3 is 1.97 bits per heavy atom. The van der Waals surface area contributed by atoms with Gasteiger partial charge in [0.15, 0.2) is 0 Å². The van der Waals surface area contributed by atoms with E-state index in [0.29, 0.717) is 18.8 Å². The highest BCUT2D eigenvalue weighted by Crippen LogP contribution is 2.21. The van der Waals surface area contributed by atoms with Gasteiger partial charge in [0.1, 0.15) is 6.04 Å². The summed E-state index contributed by atoms with van der Waals surface area (Å²) in [4.78, 5) is 21.0. The molecule has 0 saturated carbocycles. The summed E-state index contributed by atoms with van der Waals surface area (Å²) in [6.45, 7) is 0. The fraction of sp³-hybridized carbons (Fsp3) is 0.333. The quantitative estimate of drug-likeness (QED) is 0.625. The molecule has 1 atom stereocenters. The first kappa shape index (κ1) is 22.4. The Kier molecular flexibility index (Phi) is 9.12. The highest BCUT2D eigenvalue weighted by Gasteiger charge is 2.13. The van der Waals surface area contributed by atoms with Crippen molar-refractivity contribution < 1.29 is 19.8 Å². The molecule has 2 aromatic rings. The lowest BCUT2D eigenvalue weighted by Crippen LogP contribution is -2.32. The molecule has 0 aromatic heterocycles. The summed E-state index contributed by atoms with van der Waals surface area (Å²) in [5.74, 6) is -1.22. The minimum atomic E-state index is -0.970. The van der Waals surface area contributed by atoms with Crippen molar-refractivity contribution in [3.63, 3.8) is 0 Å². The second-order valence-electron chi connectivity index (χ2n) is 7.30. The lowest BCUT2D eigenvalue weighted by Gasteiger charge is -2.09. The lowest BCUT2D eigenvalue weighted by atomic mass is 9.97. The van der Waals surface area contributed by atoms with Gasteiger partial charge in [-0.25, -0.2) is 0 Å². The normalized spacial score (nSPS) is 14.9. The molecule has 5 heteroatoms. The van der Waals surface area contributed by atoms with Gasteiger partial charge in [0.05, 0.1) is 0 Å². The molecule has 0 aliphatic heterocycles. The Bertz CT molecular complexity index is 789. The first-order valence-corrected chi connectivity index (χ1v) is 9.95. The second-order valence-corrected chi connectivity index (χ2v) is 7.30. The third-order valence-electron chi connectivity index (χ3n) is 4.95. The third-order valence-corrected chi connectivity index (χ3v) is 4.95. The van der Waals surface area contributed by atoms with E-state index < -0.39 is 18.0 Å². The van der Waals surface area contributed by atoms with Crippen LogP contribution in [-0.4, -0.2) is 28.2 Å². The first-order valence-electron chi connectivity index (χ1n) is 9.95. The van der Waals surface area contributed by atoms with E-state index in [0.717, 1.165) is 42.4 Å². The summed E-state index contributed by atoms with van der Waals surface area (Å²) in [7, 11) is 0. The predicted molar refractivity (Wildman–Crippen MR) is 115 cm³/mol. The van der Waals surface area contributed by atoms with Crippen LogP contribution in [-0.2, 0) is 16.0 Å². The molecule has 1 aliphatic rings. The Labute approximate surface area is 171 Å². The molecule has 0 bridgehead atoms. The molecule has 3 rings (SSSR count). The Hall–Kier alpha value is -2.92. The number of aliphatic carboxylic acids is 2. The average Bonchev–Trinajstić information content (AvgIpc) is 2.98. The van der Waals surface area contributed by atoms with Crippen LogP contribution in [0.15, 0.2) is 66.7 Å². The van der Waals surface area contributed by atoms with Crippen LogP contribution in [0.2, 0.25) is 0 Å². The number of carbonyl (C=O) groups is 2. The zero-order valence-corrected chi connectivity index (χ0v) is 16.5. The number of nitrogens with two attached hydrogens (primary N) is 1. The smallest absolute Gasteiger partial charge is 0.320 e. The van der Waals surface area contributed by atoms with E-state index in [1.807, 2.05) is 54.6 Å². The molecule has 0 amide bonds. The SMILES string of the molecule is N[C@@H](Cc1ccc(-c2ccccc2)cc1)C(=O)O.O=C(O)CC1CCC=CCC1. The largest absolute Gasteiger partial charge is 0.481 e. The summed E-state index contributed by atoms with van der Waals surface area (Å²) in [5, 5.41) is 17.3. The Balaban J connectivity index is 0.000000234. The third kappa shape index (κ3) is 8.32. The number of hydrogen-bond acceptors (Lipinski definition) is 3. The van der Waals surface area contributed by atoms with E-state index in [-0.39, 0.29) is 0 Å². The van der Waals surface area contributed by atoms with Crippen LogP contribution >= 0.6 is 0 Å². The predicted octanol–water partition coefficient (Wildman–Crippen LogP) is 4.52. The Morgan fingerprint density at radius 1 is 0.897 bits per heavy atom. The summed E-state index contributed by atoms with van der Waals surface area (Å²) in [6.07, 6.45) is 9.21. The number of carboxylic acids is 2. The van der Waals surface area contributed by atoms with E-state index in [2.05, 4.69) is 12.2 Å². The number of allylic oxidation sites excluding steroid dienone is 2. The van der Waals surface area contributed by atoms with Crippen LogP contribution in [0.4, 0.5) is 0 Å². The van der Waals surface area contributed by atoms with Crippen molar-refractivity contribution in [2.75, 3.05) is 0 Å². The van der Waals surface area contributed by atoms with Crippen molar-refractivity contribution in [1.82, 2.24) is 0 Å². The highest BCUT2D eigenvalue weighted by molar-refractivity contribution is 5.73. The van der Waals surface area contributed by atoms with Gasteiger partial charge in [0, 0.05) is 6.42 Å². The van der Waals surface area contributed by atoms with Crippen LogP contribution in [0, 0.1) is 5.92 Å². The summed E-state index contributed by atoms with van der Waals surface area (Å²) in [5.41, 5.74) is 8.69. The van der Waals surface area contributed by atoms with Gasteiger partial charge in [-0.15, -0.1) is 0 Å². The van der Waals surface area contributed by atoms with Crippen molar-refractivity contribution in [3.05, 3.63) is 72.3 Å². The van der Waals surface area contributed by atoms with E-state index in [1.165, 1.54) is 0 Å². The average molecular weight is 395 g/mol.